The molecule has 0 aliphatic rings. The van der Waals surface area contributed by atoms with Gasteiger partial charge in [0.05, 0.1) is 11.9 Å². The van der Waals surface area contributed by atoms with Crippen molar-refractivity contribution in [2.45, 2.75) is 17.1 Å². The zero-order valence-corrected chi connectivity index (χ0v) is 12.2. The summed E-state index contributed by atoms with van der Waals surface area (Å²) in [4.78, 5) is 0. The Morgan fingerprint density at radius 1 is 1.30 bits per heavy atom. The maximum absolute atomic E-state index is 13.1. The van der Waals surface area contributed by atoms with Gasteiger partial charge in [-0.1, -0.05) is 17.8 Å². The third-order valence-electron chi connectivity index (χ3n) is 2.41. The predicted octanol–water partition coefficient (Wildman–Crippen LogP) is 3.04. The Labute approximate surface area is 123 Å². The topological polar surface area (TPSA) is 59.2 Å². The highest BCUT2D eigenvalue weighted by Gasteiger charge is 2.14. The maximum atomic E-state index is 13.1. The van der Waals surface area contributed by atoms with Gasteiger partial charge in [-0.2, -0.15) is 11.8 Å². The summed E-state index contributed by atoms with van der Waals surface area (Å²) in [6, 6.07) is 3.31. The molecule has 0 radical (unpaired) electrons. The smallest absolute Gasteiger partial charge is 0.276 e. The van der Waals surface area contributed by atoms with E-state index in [-0.39, 0.29) is 5.75 Å². The lowest BCUT2D eigenvalue weighted by Crippen LogP contribution is -2.02. The van der Waals surface area contributed by atoms with Crippen molar-refractivity contribution in [3.05, 3.63) is 41.3 Å². The summed E-state index contributed by atoms with van der Waals surface area (Å²) in [7, 11) is 0. The molecule has 1 N–H and O–H groups in total. The Balaban J connectivity index is 1.93. The minimum atomic E-state index is -0.980. The lowest BCUT2D eigenvalue weighted by Gasteiger charge is -2.09. The van der Waals surface area contributed by atoms with E-state index in [1.807, 2.05) is 6.26 Å². The molecule has 0 spiro atoms. The van der Waals surface area contributed by atoms with Crippen molar-refractivity contribution in [3.63, 3.8) is 0 Å². The molecule has 0 aliphatic carbocycles. The SMILES string of the molecule is CSCc1nnc(SCC(O)c2ccc(F)c(F)c2)o1. The average Bonchev–Trinajstić information content (AvgIpc) is 2.87. The van der Waals surface area contributed by atoms with E-state index < -0.39 is 17.7 Å². The van der Waals surface area contributed by atoms with Crippen LogP contribution in [0, 0.1) is 11.6 Å². The van der Waals surface area contributed by atoms with Gasteiger partial charge in [-0.25, -0.2) is 8.78 Å². The molecule has 1 unspecified atom stereocenters. The van der Waals surface area contributed by atoms with Gasteiger partial charge in [-0.05, 0) is 24.0 Å². The van der Waals surface area contributed by atoms with Crippen LogP contribution in [0.25, 0.3) is 0 Å². The Morgan fingerprint density at radius 2 is 2.10 bits per heavy atom. The van der Waals surface area contributed by atoms with E-state index in [2.05, 4.69) is 10.2 Å². The Morgan fingerprint density at radius 3 is 2.80 bits per heavy atom. The number of benzene rings is 1. The Kier molecular flexibility index (Phi) is 5.38. The molecule has 108 valence electrons. The van der Waals surface area contributed by atoms with E-state index in [0.717, 1.165) is 23.9 Å². The number of thioether (sulfide) groups is 2. The first-order valence-electron chi connectivity index (χ1n) is 5.67. The van der Waals surface area contributed by atoms with Crippen LogP contribution < -0.4 is 0 Å². The molecule has 0 aliphatic heterocycles. The third-order valence-corrected chi connectivity index (χ3v) is 3.84. The van der Waals surface area contributed by atoms with Gasteiger partial charge < -0.3 is 9.52 Å². The van der Waals surface area contributed by atoms with Crippen LogP contribution >= 0.6 is 23.5 Å². The number of rotatable bonds is 6. The van der Waals surface area contributed by atoms with E-state index in [4.69, 9.17) is 4.42 Å². The number of aromatic nitrogens is 2. The lowest BCUT2D eigenvalue weighted by atomic mass is 10.1. The van der Waals surface area contributed by atoms with Crippen molar-refractivity contribution in [1.29, 1.82) is 0 Å². The summed E-state index contributed by atoms with van der Waals surface area (Å²) in [6.07, 6.45) is 0.982. The zero-order valence-electron chi connectivity index (χ0n) is 10.5. The van der Waals surface area contributed by atoms with E-state index in [1.165, 1.54) is 6.07 Å². The van der Waals surface area contributed by atoms with Gasteiger partial charge in [-0.15, -0.1) is 10.2 Å². The van der Waals surface area contributed by atoms with Gasteiger partial charge in [0.15, 0.2) is 11.6 Å². The van der Waals surface area contributed by atoms with E-state index in [9.17, 15) is 13.9 Å². The van der Waals surface area contributed by atoms with Crippen LogP contribution in [0.3, 0.4) is 0 Å². The zero-order chi connectivity index (χ0) is 14.5. The maximum Gasteiger partial charge on any atom is 0.276 e. The molecule has 0 saturated carbocycles. The molecule has 1 atom stereocenters. The largest absolute Gasteiger partial charge is 0.415 e. The quantitative estimate of drug-likeness (QED) is 0.826. The fourth-order valence-corrected chi connectivity index (χ4v) is 2.55. The van der Waals surface area contributed by atoms with E-state index >= 15 is 0 Å². The molecule has 0 bridgehead atoms. The number of nitrogens with zero attached hydrogens (tertiary/aromatic N) is 2. The molecule has 1 aromatic heterocycles. The van der Waals surface area contributed by atoms with Crippen LogP contribution in [-0.4, -0.2) is 27.3 Å². The van der Waals surface area contributed by atoms with Crippen LogP contribution in [0.4, 0.5) is 8.78 Å². The third kappa shape index (κ3) is 3.94. The molecular formula is C12H12F2N2O2S2. The first-order valence-corrected chi connectivity index (χ1v) is 8.05. The fraction of sp³-hybridized carbons (Fsp3) is 0.333. The van der Waals surface area contributed by atoms with Crippen molar-refractivity contribution < 1.29 is 18.3 Å². The monoisotopic (exact) mass is 318 g/mol. The minimum Gasteiger partial charge on any atom is -0.415 e. The first-order chi connectivity index (χ1) is 9.60. The predicted molar refractivity (Wildman–Crippen MR) is 73.6 cm³/mol. The second-order valence-corrected chi connectivity index (χ2v) is 5.73. The van der Waals surface area contributed by atoms with Crippen molar-refractivity contribution in [2.75, 3.05) is 12.0 Å². The second kappa shape index (κ2) is 7.05. The Bertz CT molecular complexity index is 580. The highest BCUT2D eigenvalue weighted by Crippen LogP contribution is 2.25. The number of hydrogen-bond acceptors (Lipinski definition) is 6. The molecule has 2 aromatic rings. The molecule has 2 rings (SSSR count). The summed E-state index contributed by atoms with van der Waals surface area (Å²) in [5.74, 6) is -0.563. The van der Waals surface area contributed by atoms with Gasteiger partial charge in [0.2, 0.25) is 5.89 Å². The summed E-state index contributed by atoms with van der Waals surface area (Å²) in [5.41, 5.74) is 0.306. The molecule has 4 nitrogen and oxygen atoms in total. The fourth-order valence-electron chi connectivity index (χ4n) is 1.44. The second-order valence-electron chi connectivity index (χ2n) is 3.90. The van der Waals surface area contributed by atoms with Gasteiger partial charge in [0.25, 0.3) is 5.22 Å². The molecule has 0 fully saturated rings. The van der Waals surface area contributed by atoms with Crippen molar-refractivity contribution >= 4 is 23.5 Å². The summed E-state index contributed by atoms with van der Waals surface area (Å²) < 4.78 is 31.2. The number of hydrogen-bond donors (Lipinski definition) is 1. The van der Waals surface area contributed by atoms with Crippen LogP contribution in [0.1, 0.15) is 17.6 Å². The average molecular weight is 318 g/mol. The standard InChI is InChI=1S/C12H12F2N2O2S2/c1-19-6-11-15-16-12(18-11)20-5-10(17)7-2-3-8(13)9(14)4-7/h2-4,10,17H,5-6H2,1H3. The molecular weight excluding hydrogens is 306 g/mol. The van der Waals surface area contributed by atoms with E-state index in [0.29, 0.717) is 22.4 Å². The van der Waals surface area contributed by atoms with Crippen molar-refractivity contribution in [1.82, 2.24) is 10.2 Å². The van der Waals surface area contributed by atoms with Gasteiger partial charge in [0.1, 0.15) is 0 Å². The lowest BCUT2D eigenvalue weighted by molar-refractivity contribution is 0.203. The van der Waals surface area contributed by atoms with E-state index in [1.54, 1.807) is 11.8 Å². The molecule has 0 saturated heterocycles. The normalized spacial score (nSPS) is 12.6. The molecule has 1 heterocycles. The van der Waals surface area contributed by atoms with Crippen LogP contribution in [0.5, 0.6) is 0 Å². The van der Waals surface area contributed by atoms with Crippen LogP contribution in [0.2, 0.25) is 0 Å². The van der Waals surface area contributed by atoms with Crippen LogP contribution in [-0.2, 0) is 5.75 Å². The molecule has 8 heteroatoms. The summed E-state index contributed by atoms with van der Waals surface area (Å²) in [6.45, 7) is 0. The van der Waals surface area contributed by atoms with Crippen molar-refractivity contribution in [3.8, 4) is 0 Å². The first kappa shape index (κ1) is 15.3. The summed E-state index contributed by atoms with van der Waals surface area (Å²) >= 11 is 2.72. The van der Waals surface area contributed by atoms with Gasteiger partial charge in [-0.3, -0.25) is 0 Å². The number of aliphatic hydroxyl groups is 1. The molecule has 1 aromatic carbocycles. The summed E-state index contributed by atoms with van der Waals surface area (Å²) in [5, 5.41) is 17.9. The highest BCUT2D eigenvalue weighted by molar-refractivity contribution is 7.99. The number of aliphatic hydroxyl groups excluding tert-OH is 1. The minimum absolute atomic E-state index is 0.214. The Hall–Kier alpha value is -1.12. The van der Waals surface area contributed by atoms with Gasteiger partial charge >= 0.3 is 0 Å². The molecule has 20 heavy (non-hydrogen) atoms. The van der Waals surface area contributed by atoms with Crippen molar-refractivity contribution in [2.24, 2.45) is 0 Å². The van der Waals surface area contributed by atoms with Gasteiger partial charge in [0, 0.05) is 5.75 Å². The highest BCUT2D eigenvalue weighted by atomic mass is 32.2. The van der Waals surface area contributed by atoms with Crippen LogP contribution in [0.15, 0.2) is 27.8 Å². The number of halogens is 2. The molecule has 0 amide bonds.